The Bertz CT molecular complexity index is 1410. The van der Waals surface area contributed by atoms with Gasteiger partial charge in [-0.05, 0) is 36.6 Å². The monoisotopic (exact) mass is 645 g/mol. The molecule has 4 amide bonds. The largest absolute Gasteiger partial charge is 0.477 e. The predicted molar refractivity (Wildman–Crippen MR) is 158 cm³/mol. The maximum Gasteiger partial charge on any atom is 0.353 e. The molecular weight excluding hydrogens is 606 g/mol. The summed E-state index contributed by atoms with van der Waals surface area (Å²) < 4.78 is 1.27. The van der Waals surface area contributed by atoms with Gasteiger partial charge in [-0.2, -0.15) is 0 Å². The van der Waals surface area contributed by atoms with Gasteiger partial charge in [-0.1, -0.05) is 6.92 Å². The van der Waals surface area contributed by atoms with Crippen molar-refractivity contribution < 1.29 is 29.1 Å². The Morgan fingerprint density at radius 2 is 1.96 bits per heavy atom. The zero-order chi connectivity index (χ0) is 32.2. The van der Waals surface area contributed by atoms with Crippen LogP contribution in [-0.4, -0.2) is 137 Å². The number of aromatic nitrogens is 4. The van der Waals surface area contributed by atoms with Crippen molar-refractivity contribution in [3.05, 3.63) is 16.9 Å². The SMILES string of the molecule is C[C@@H](NC(=O)Cn1cnnn1)[C@H]1C(=O)N2C(C(=O)O)=C(SC3CNC(C(=O)N4C[C@H](N)CC4C(=O)N4CC[C@@H](N)C4)C3)[C@H](C)[C@H]12. The lowest BCUT2D eigenvalue weighted by molar-refractivity contribution is -0.158. The number of thioether (sulfide) groups is 1. The Morgan fingerprint density at radius 1 is 1.18 bits per heavy atom. The highest BCUT2D eigenvalue weighted by atomic mass is 32.2. The van der Waals surface area contributed by atoms with Gasteiger partial charge >= 0.3 is 5.97 Å². The molecule has 244 valence electrons. The van der Waals surface area contributed by atoms with Crippen LogP contribution in [0.5, 0.6) is 0 Å². The van der Waals surface area contributed by atoms with Gasteiger partial charge in [0.05, 0.1) is 18.0 Å². The molecule has 3 unspecified atom stereocenters. The van der Waals surface area contributed by atoms with E-state index < -0.39 is 36.1 Å². The van der Waals surface area contributed by atoms with Gasteiger partial charge in [0.1, 0.15) is 24.6 Å². The predicted octanol–water partition coefficient (Wildman–Crippen LogP) is -3.10. The lowest BCUT2D eigenvalue weighted by atomic mass is 9.78. The van der Waals surface area contributed by atoms with Crippen LogP contribution in [0.3, 0.4) is 0 Å². The highest BCUT2D eigenvalue weighted by molar-refractivity contribution is 8.03. The van der Waals surface area contributed by atoms with Crippen LogP contribution >= 0.6 is 11.8 Å². The first-order chi connectivity index (χ1) is 21.4. The fraction of sp³-hybridized carbons (Fsp3) is 0.704. The third-order valence-electron chi connectivity index (χ3n) is 9.54. The van der Waals surface area contributed by atoms with Gasteiger partial charge in [0.2, 0.25) is 23.6 Å². The van der Waals surface area contributed by atoms with Gasteiger partial charge in [-0.25, -0.2) is 9.48 Å². The lowest BCUT2D eigenvalue weighted by Gasteiger charge is -2.47. The van der Waals surface area contributed by atoms with Crippen molar-refractivity contribution >= 4 is 41.4 Å². The van der Waals surface area contributed by atoms with Crippen LogP contribution in [-0.2, 0) is 30.5 Å². The maximum atomic E-state index is 13.7. The third kappa shape index (κ3) is 5.79. The maximum absolute atomic E-state index is 13.7. The van der Waals surface area contributed by atoms with Crippen molar-refractivity contribution in [3.8, 4) is 0 Å². The van der Waals surface area contributed by atoms with Crippen molar-refractivity contribution in [3.63, 3.8) is 0 Å². The highest BCUT2D eigenvalue weighted by Crippen LogP contribution is 2.52. The number of aliphatic carboxylic acids is 1. The molecule has 7 N–H and O–H groups in total. The summed E-state index contributed by atoms with van der Waals surface area (Å²) in [4.78, 5) is 70.4. The molecule has 0 bridgehead atoms. The van der Waals surface area contributed by atoms with E-state index in [2.05, 4.69) is 26.2 Å². The van der Waals surface area contributed by atoms with Crippen molar-refractivity contribution in [2.45, 2.75) is 81.2 Å². The fourth-order valence-corrected chi connectivity index (χ4v) is 8.87. The molecule has 0 radical (unpaired) electrons. The van der Waals surface area contributed by atoms with Gasteiger partial charge < -0.3 is 41.9 Å². The number of hydrogen-bond acceptors (Lipinski definition) is 12. The van der Waals surface area contributed by atoms with Gasteiger partial charge in [-0.3, -0.25) is 19.2 Å². The Balaban J connectivity index is 1.09. The number of carboxylic acid groups (broad SMARTS) is 1. The normalized spacial score (nSPS) is 33.4. The number of rotatable bonds is 9. The molecule has 18 heteroatoms. The number of likely N-dealkylation sites (tertiary alicyclic amines) is 2. The smallest absolute Gasteiger partial charge is 0.353 e. The molecule has 5 aliphatic rings. The van der Waals surface area contributed by atoms with Crippen LogP contribution in [0.15, 0.2) is 16.9 Å². The second kappa shape index (κ2) is 12.3. The zero-order valence-corrected chi connectivity index (χ0v) is 25.9. The Labute approximate surface area is 263 Å². The molecule has 4 fully saturated rings. The molecular formula is C27H39N11O6S. The lowest BCUT2D eigenvalue weighted by Crippen LogP contribution is -2.66. The molecule has 9 atom stereocenters. The molecule has 6 heterocycles. The van der Waals surface area contributed by atoms with Crippen molar-refractivity contribution in [2.24, 2.45) is 23.3 Å². The molecule has 4 saturated heterocycles. The van der Waals surface area contributed by atoms with Crippen LogP contribution in [0.25, 0.3) is 0 Å². The average Bonchev–Trinajstić information content (AvgIpc) is 3.81. The first-order valence-corrected chi connectivity index (χ1v) is 16.1. The van der Waals surface area contributed by atoms with Gasteiger partial charge in [0.25, 0.3) is 0 Å². The molecule has 0 spiro atoms. The number of nitrogens with zero attached hydrogens (tertiary/aromatic N) is 7. The summed E-state index contributed by atoms with van der Waals surface area (Å²) in [5.74, 6) is -3.11. The van der Waals surface area contributed by atoms with Crippen molar-refractivity contribution in [2.75, 3.05) is 26.2 Å². The molecule has 1 aromatic heterocycles. The van der Waals surface area contributed by atoms with Crippen molar-refractivity contribution in [1.82, 2.24) is 45.5 Å². The number of tetrazole rings is 1. The molecule has 17 nitrogen and oxygen atoms in total. The minimum absolute atomic E-state index is 0.0410. The van der Waals surface area contributed by atoms with Gasteiger partial charge in [-0.15, -0.1) is 16.9 Å². The van der Waals surface area contributed by atoms with E-state index in [1.807, 2.05) is 6.92 Å². The van der Waals surface area contributed by atoms with E-state index in [4.69, 9.17) is 11.5 Å². The molecule has 5 aliphatic heterocycles. The van der Waals surface area contributed by atoms with Gasteiger partial charge in [0.15, 0.2) is 0 Å². The van der Waals surface area contributed by atoms with E-state index in [0.29, 0.717) is 43.9 Å². The highest BCUT2D eigenvalue weighted by Gasteiger charge is 2.60. The molecule has 0 aliphatic carbocycles. The summed E-state index contributed by atoms with van der Waals surface area (Å²) >= 11 is 1.38. The van der Waals surface area contributed by atoms with E-state index in [9.17, 15) is 29.1 Å². The molecule has 45 heavy (non-hydrogen) atoms. The first kappa shape index (κ1) is 31.4. The number of amides is 4. The number of nitrogens with one attached hydrogen (secondary N) is 2. The molecule has 0 saturated carbocycles. The summed E-state index contributed by atoms with van der Waals surface area (Å²) in [6, 6.07) is -2.49. The number of carbonyl (C=O) groups excluding carboxylic acids is 4. The second-order valence-corrected chi connectivity index (χ2v) is 14.0. The van der Waals surface area contributed by atoms with E-state index in [1.54, 1.807) is 16.7 Å². The third-order valence-corrected chi connectivity index (χ3v) is 11.0. The van der Waals surface area contributed by atoms with E-state index >= 15 is 0 Å². The first-order valence-electron chi connectivity index (χ1n) is 15.3. The Hall–Kier alpha value is -3.61. The van der Waals surface area contributed by atoms with Crippen LogP contribution in [0, 0.1) is 11.8 Å². The molecule has 6 rings (SSSR count). The summed E-state index contributed by atoms with van der Waals surface area (Å²) in [6.07, 6.45) is 2.87. The van der Waals surface area contributed by atoms with E-state index in [0.717, 1.165) is 6.42 Å². The molecule has 1 aromatic rings. The van der Waals surface area contributed by atoms with Crippen LogP contribution < -0.4 is 22.1 Å². The summed E-state index contributed by atoms with van der Waals surface area (Å²) in [5.41, 5.74) is 12.2. The standard InChI is InChI=1S/C27H39N11O6S/c1-12-21-20(13(2)32-19(39)10-36-11-31-33-34-36)26(42)38(21)22(27(43)44)23(12)45-16-6-17(30-7-16)24(40)37-9-15(29)5-18(37)25(41)35-4-3-14(28)8-35/h11-18,20-21,30H,3-10,28-29H2,1-2H3,(H,32,39)(H,43,44)/t12-,13-,14-,15-,16?,17?,18?,20-,21-/m1/s1. The van der Waals surface area contributed by atoms with E-state index in [1.165, 1.54) is 27.7 Å². The number of fused-ring (bicyclic) bond motifs is 1. The summed E-state index contributed by atoms with van der Waals surface area (Å²) in [6.45, 7) is 5.30. The van der Waals surface area contributed by atoms with Crippen LogP contribution in [0.2, 0.25) is 0 Å². The quantitative estimate of drug-likeness (QED) is 0.168. The number of β-lactam (4-membered cyclic amide) rings is 1. The van der Waals surface area contributed by atoms with Crippen LogP contribution in [0.1, 0.15) is 33.1 Å². The topological polar surface area (TPSA) is 235 Å². The van der Waals surface area contributed by atoms with Gasteiger partial charge in [0, 0.05) is 60.4 Å². The average molecular weight is 646 g/mol. The number of nitrogens with two attached hydrogens (primary N) is 2. The zero-order valence-electron chi connectivity index (χ0n) is 25.1. The fourth-order valence-electron chi connectivity index (χ4n) is 7.39. The number of hydrogen-bond donors (Lipinski definition) is 5. The minimum Gasteiger partial charge on any atom is -0.477 e. The minimum atomic E-state index is -1.19. The van der Waals surface area contributed by atoms with Crippen LogP contribution in [0.4, 0.5) is 0 Å². The number of carboxylic acids is 1. The number of carbonyl (C=O) groups is 5. The van der Waals surface area contributed by atoms with Crippen molar-refractivity contribution in [1.29, 1.82) is 0 Å². The second-order valence-electron chi connectivity index (χ2n) is 12.7. The Morgan fingerprint density at radius 3 is 2.62 bits per heavy atom. The summed E-state index contributed by atoms with van der Waals surface area (Å²) in [7, 11) is 0. The van der Waals surface area contributed by atoms with E-state index in [-0.39, 0.29) is 59.1 Å². The Kier molecular flexibility index (Phi) is 8.57. The summed E-state index contributed by atoms with van der Waals surface area (Å²) in [5, 5.41) is 26.8. The molecule has 0 aromatic carbocycles.